The maximum atomic E-state index is 9.45. The third-order valence-corrected chi connectivity index (χ3v) is 0.628. The molecule has 0 fully saturated rings. The largest absolute Gasteiger partial charge is 0.362 e. The highest BCUT2D eigenvalue weighted by atomic mass is 31.0. The molecule has 0 aliphatic carbocycles. The maximum Gasteiger partial charge on any atom is 0.299 e. The van der Waals surface area contributed by atoms with Crippen LogP contribution >= 0.6 is 9.47 Å². The average Bonchev–Trinajstić information content (AvgIpc) is 1.80. The van der Waals surface area contributed by atoms with Crippen LogP contribution in [-0.2, 0) is 9.36 Å². The highest BCUT2D eigenvalue weighted by molar-refractivity contribution is 7.09. The second-order valence-corrected chi connectivity index (χ2v) is 1.37. The van der Waals surface area contributed by atoms with E-state index < -0.39 is 5.09 Å². The van der Waals surface area contributed by atoms with E-state index in [0.29, 0.717) is 0 Å². The highest BCUT2D eigenvalue weighted by Gasteiger charge is 1.84. The average molecular weight is 151 g/mol. The van der Waals surface area contributed by atoms with Gasteiger partial charge >= 0.3 is 0 Å². The lowest BCUT2D eigenvalue weighted by Crippen LogP contribution is -1.92. The van der Waals surface area contributed by atoms with E-state index in [4.69, 9.17) is 0 Å². The molecule has 0 bridgehead atoms. The lowest BCUT2D eigenvalue weighted by molar-refractivity contribution is -0.737. The summed E-state index contributed by atoms with van der Waals surface area (Å²) in [5.41, 5.74) is 0. The number of nitrogens with zero attached hydrogens (tertiary/aromatic N) is 1. The number of hydrogen-bond donors (Lipinski definition) is 0. The minimum Gasteiger partial charge on any atom is -0.362 e. The highest BCUT2D eigenvalue weighted by Crippen LogP contribution is 1.85. The number of rotatable bonds is 4. The summed E-state index contributed by atoms with van der Waals surface area (Å²) in [5.74, 6) is 0. The first-order chi connectivity index (χ1) is 4.27. The summed E-state index contributed by atoms with van der Waals surface area (Å²) in [5, 5.41) is 8.55. The van der Waals surface area contributed by atoms with E-state index in [0.717, 1.165) is 6.26 Å². The van der Waals surface area contributed by atoms with Crippen LogP contribution in [0, 0.1) is 10.1 Å². The molecule has 5 nitrogen and oxygen atoms in total. The number of hydrogen-bond acceptors (Lipinski definition) is 4. The first kappa shape index (κ1) is 8.33. The molecule has 52 valence electrons. The monoisotopic (exact) mass is 151 g/mol. The van der Waals surface area contributed by atoms with Gasteiger partial charge in [0.2, 0.25) is 0 Å². The van der Waals surface area contributed by atoms with Gasteiger partial charge in [0.05, 0.1) is 12.9 Å². The Kier molecular flexibility index (Phi) is 5.06. The fourth-order valence-corrected chi connectivity index (χ4v) is 0.299. The molecule has 0 spiro atoms. The molecule has 0 aliphatic heterocycles. The van der Waals surface area contributed by atoms with Gasteiger partial charge in [0.15, 0.2) is 0 Å². The molecule has 0 aromatic heterocycles. The van der Waals surface area contributed by atoms with Crippen LogP contribution in [0.1, 0.15) is 0 Å². The topological polar surface area (TPSA) is 61.6 Å². The second kappa shape index (κ2) is 5.47. The predicted octanol–water partition coefficient (Wildman–Crippen LogP) is 0.515. The maximum absolute atomic E-state index is 9.45. The Morgan fingerprint density at radius 2 is 2.44 bits per heavy atom. The smallest absolute Gasteiger partial charge is 0.299 e. The molecule has 9 heavy (non-hydrogen) atoms. The Hall–Kier alpha value is -0.670. The van der Waals surface area contributed by atoms with Crippen molar-refractivity contribution in [1.82, 2.24) is 0 Å². The Balaban J connectivity index is 3.14. The van der Waals surface area contributed by atoms with Gasteiger partial charge in [-0.2, -0.15) is 0 Å². The normalized spacial score (nSPS) is 9.89. The predicted molar refractivity (Wildman–Crippen MR) is 32.9 cm³/mol. The van der Waals surface area contributed by atoms with E-state index in [1.807, 2.05) is 9.47 Å². The van der Waals surface area contributed by atoms with Crippen molar-refractivity contribution in [2.24, 2.45) is 0 Å². The van der Waals surface area contributed by atoms with Gasteiger partial charge in [-0.25, -0.2) is 0 Å². The zero-order valence-electron chi connectivity index (χ0n) is 4.52. The summed E-state index contributed by atoms with van der Waals surface area (Å²) in [4.78, 5) is 13.2. The molecule has 0 saturated carbocycles. The quantitative estimate of drug-likeness (QED) is 0.254. The first-order valence-corrected chi connectivity index (χ1v) is 2.52. The van der Waals surface area contributed by atoms with Gasteiger partial charge in [-0.1, -0.05) is 0 Å². The van der Waals surface area contributed by atoms with Gasteiger partial charge < -0.3 is 4.52 Å². The molecular weight excluding hydrogens is 145 g/mol. The van der Waals surface area contributed by atoms with Gasteiger partial charge in [0, 0.05) is 9.47 Å². The van der Waals surface area contributed by atoms with Crippen molar-refractivity contribution in [3.8, 4) is 0 Å². The standard InChI is InChI=1S/C3H6NO4P/c5-4(6)7-2-1-3-8-9/h1-2H,3,9H2/b2-1-. The molecule has 0 amide bonds. The van der Waals surface area contributed by atoms with Crippen molar-refractivity contribution < 1.29 is 14.4 Å². The van der Waals surface area contributed by atoms with Crippen molar-refractivity contribution >= 4 is 9.47 Å². The zero-order chi connectivity index (χ0) is 7.11. The van der Waals surface area contributed by atoms with Crippen LogP contribution in [0.15, 0.2) is 12.3 Å². The molecule has 0 aliphatic rings. The first-order valence-electron chi connectivity index (χ1n) is 2.05. The minimum absolute atomic E-state index is 0.276. The van der Waals surface area contributed by atoms with Crippen molar-refractivity contribution in [2.75, 3.05) is 6.61 Å². The lowest BCUT2D eigenvalue weighted by atomic mass is 10.7. The van der Waals surface area contributed by atoms with E-state index >= 15 is 0 Å². The molecule has 0 aromatic rings. The lowest BCUT2D eigenvalue weighted by Gasteiger charge is -1.86. The van der Waals surface area contributed by atoms with Gasteiger partial charge in [-0.15, -0.1) is 10.1 Å². The molecule has 1 atom stereocenters. The van der Waals surface area contributed by atoms with Gasteiger partial charge in [-0.05, 0) is 6.08 Å². The molecule has 1 unspecified atom stereocenters. The molecule has 0 saturated heterocycles. The molecule has 0 radical (unpaired) electrons. The van der Waals surface area contributed by atoms with Crippen molar-refractivity contribution in [2.45, 2.75) is 0 Å². The molecule has 0 rings (SSSR count). The van der Waals surface area contributed by atoms with Gasteiger partial charge in [-0.3, -0.25) is 4.84 Å². The van der Waals surface area contributed by atoms with Crippen LogP contribution in [0.3, 0.4) is 0 Å². The van der Waals surface area contributed by atoms with E-state index in [-0.39, 0.29) is 6.61 Å². The Bertz CT molecular complexity index is 114. The SMILES string of the molecule is O=[N+]([O-])O/C=C\COP. The molecule has 0 heterocycles. The van der Waals surface area contributed by atoms with Gasteiger partial charge in [0.1, 0.15) is 0 Å². The van der Waals surface area contributed by atoms with Crippen LogP contribution in [0.4, 0.5) is 0 Å². The van der Waals surface area contributed by atoms with Crippen LogP contribution in [0.2, 0.25) is 0 Å². The van der Waals surface area contributed by atoms with Crippen LogP contribution in [0.5, 0.6) is 0 Å². The Morgan fingerprint density at radius 1 is 1.78 bits per heavy atom. The molecular formula is C3H6NO4P. The third-order valence-electron chi connectivity index (χ3n) is 0.436. The molecule has 0 aromatic carbocycles. The fraction of sp³-hybridized carbons (Fsp3) is 0.333. The van der Waals surface area contributed by atoms with Crippen LogP contribution < -0.4 is 0 Å². The summed E-state index contributed by atoms with van der Waals surface area (Å²) >= 11 is 0. The van der Waals surface area contributed by atoms with Crippen molar-refractivity contribution in [1.29, 1.82) is 0 Å². The Morgan fingerprint density at radius 3 is 2.89 bits per heavy atom. The molecule has 0 N–H and O–H groups in total. The summed E-state index contributed by atoms with van der Waals surface area (Å²) in [6.45, 7) is 0.276. The van der Waals surface area contributed by atoms with E-state index in [2.05, 4.69) is 9.36 Å². The minimum atomic E-state index is -0.903. The summed E-state index contributed by atoms with van der Waals surface area (Å²) in [6.07, 6.45) is 2.32. The van der Waals surface area contributed by atoms with E-state index in [1.54, 1.807) is 0 Å². The second-order valence-electron chi connectivity index (χ2n) is 1.03. The third kappa shape index (κ3) is 7.33. The van der Waals surface area contributed by atoms with Crippen molar-refractivity contribution in [3.63, 3.8) is 0 Å². The summed E-state index contributed by atoms with van der Waals surface area (Å²) in [7, 11) is 2.00. The van der Waals surface area contributed by atoms with Crippen LogP contribution in [-0.4, -0.2) is 11.7 Å². The Labute approximate surface area is 54.0 Å². The van der Waals surface area contributed by atoms with Crippen molar-refractivity contribution in [3.05, 3.63) is 22.5 Å². The summed E-state index contributed by atoms with van der Waals surface area (Å²) < 4.78 is 4.45. The van der Waals surface area contributed by atoms with Gasteiger partial charge in [0.25, 0.3) is 5.09 Å². The summed E-state index contributed by atoms with van der Waals surface area (Å²) in [6, 6.07) is 0. The molecule has 6 heteroatoms. The zero-order valence-corrected chi connectivity index (χ0v) is 5.67. The van der Waals surface area contributed by atoms with Crippen LogP contribution in [0.25, 0.3) is 0 Å². The van der Waals surface area contributed by atoms with E-state index in [1.165, 1.54) is 6.08 Å². The fourth-order valence-electron chi connectivity index (χ4n) is 0.188. The van der Waals surface area contributed by atoms with E-state index in [9.17, 15) is 10.1 Å².